The third kappa shape index (κ3) is 4.22. The average Bonchev–Trinajstić information content (AvgIpc) is 2.74. The first-order valence-electron chi connectivity index (χ1n) is 9.44. The Balaban J connectivity index is 1.54. The smallest absolute Gasteiger partial charge is 0.259 e. The molecule has 0 unspecified atom stereocenters. The Morgan fingerprint density at radius 1 is 1.10 bits per heavy atom. The Bertz CT molecular complexity index is 1100. The molecule has 1 aliphatic heterocycles. The number of nitrogens with one attached hydrogen (secondary N) is 2. The van der Waals surface area contributed by atoms with E-state index < -0.39 is 0 Å². The van der Waals surface area contributed by atoms with E-state index in [0.29, 0.717) is 47.5 Å². The van der Waals surface area contributed by atoms with Crippen molar-refractivity contribution in [3.63, 3.8) is 0 Å². The van der Waals surface area contributed by atoms with E-state index in [1.54, 1.807) is 44.3 Å². The van der Waals surface area contributed by atoms with Crippen LogP contribution in [0, 0.1) is 13.8 Å². The summed E-state index contributed by atoms with van der Waals surface area (Å²) in [5, 5.41) is 5.49. The lowest BCUT2D eigenvalue weighted by atomic mass is 10.2. The number of anilines is 2. The SMILES string of the molecule is Cc1nc(NC(=O)c2ccc(N3CCNC(=O)C3)nc2C)nc(-c2ccccn2)n1. The van der Waals surface area contributed by atoms with Crippen molar-refractivity contribution in [3.05, 3.63) is 53.6 Å². The third-order valence-corrected chi connectivity index (χ3v) is 4.54. The van der Waals surface area contributed by atoms with Crippen molar-refractivity contribution in [1.29, 1.82) is 0 Å². The van der Waals surface area contributed by atoms with Crippen LogP contribution >= 0.6 is 0 Å². The molecular weight excluding hydrogens is 384 g/mol. The molecule has 3 aromatic heterocycles. The first-order chi connectivity index (χ1) is 14.5. The molecule has 0 atom stereocenters. The van der Waals surface area contributed by atoms with E-state index in [-0.39, 0.29) is 24.3 Å². The van der Waals surface area contributed by atoms with Crippen LogP contribution in [0.5, 0.6) is 0 Å². The molecule has 0 saturated carbocycles. The van der Waals surface area contributed by atoms with E-state index in [0.717, 1.165) is 0 Å². The van der Waals surface area contributed by atoms with Crippen molar-refractivity contribution < 1.29 is 9.59 Å². The topological polar surface area (TPSA) is 126 Å². The monoisotopic (exact) mass is 404 g/mol. The fourth-order valence-electron chi connectivity index (χ4n) is 3.11. The van der Waals surface area contributed by atoms with Gasteiger partial charge in [0.15, 0.2) is 5.82 Å². The summed E-state index contributed by atoms with van der Waals surface area (Å²) < 4.78 is 0. The third-order valence-electron chi connectivity index (χ3n) is 4.54. The minimum Gasteiger partial charge on any atom is -0.353 e. The highest BCUT2D eigenvalue weighted by Gasteiger charge is 2.20. The summed E-state index contributed by atoms with van der Waals surface area (Å²) in [4.78, 5) is 47.8. The van der Waals surface area contributed by atoms with Crippen molar-refractivity contribution in [1.82, 2.24) is 30.2 Å². The fraction of sp³-hybridized carbons (Fsp3) is 0.250. The number of aryl methyl sites for hydroxylation is 2. The molecule has 0 bridgehead atoms. The Morgan fingerprint density at radius 3 is 2.70 bits per heavy atom. The Morgan fingerprint density at radius 2 is 1.97 bits per heavy atom. The first kappa shape index (κ1) is 19.4. The van der Waals surface area contributed by atoms with Gasteiger partial charge in [-0.15, -0.1) is 0 Å². The van der Waals surface area contributed by atoms with Crippen LogP contribution < -0.4 is 15.5 Å². The Labute approximate surface area is 172 Å². The van der Waals surface area contributed by atoms with Crippen LogP contribution in [-0.2, 0) is 4.79 Å². The van der Waals surface area contributed by atoms with E-state index in [9.17, 15) is 9.59 Å². The van der Waals surface area contributed by atoms with Gasteiger partial charge in [-0.05, 0) is 38.1 Å². The number of amides is 2. The summed E-state index contributed by atoms with van der Waals surface area (Å²) in [6, 6.07) is 8.85. The Hall–Kier alpha value is -3.95. The molecule has 152 valence electrons. The van der Waals surface area contributed by atoms with Crippen LogP contribution in [0.4, 0.5) is 11.8 Å². The second kappa shape index (κ2) is 8.19. The van der Waals surface area contributed by atoms with Crippen molar-refractivity contribution in [2.45, 2.75) is 13.8 Å². The van der Waals surface area contributed by atoms with Crippen LogP contribution in [0.3, 0.4) is 0 Å². The van der Waals surface area contributed by atoms with Gasteiger partial charge in [0.05, 0.1) is 17.8 Å². The van der Waals surface area contributed by atoms with E-state index >= 15 is 0 Å². The molecule has 2 amide bonds. The normalized spacial score (nSPS) is 13.7. The highest BCUT2D eigenvalue weighted by molar-refractivity contribution is 6.04. The summed E-state index contributed by atoms with van der Waals surface area (Å²) in [5.74, 6) is 1.23. The van der Waals surface area contributed by atoms with Gasteiger partial charge in [-0.25, -0.2) is 9.97 Å². The molecule has 0 radical (unpaired) electrons. The average molecular weight is 404 g/mol. The minimum absolute atomic E-state index is 0.0450. The maximum absolute atomic E-state index is 12.8. The lowest BCUT2D eigenvalue weighted by molar-refractivity contribution is -0.120. The van der Waals surface area contributed by atoms with E-state index in [1.807, 2.05) is 11.0 Å². The van der Waals surface area contributed by atoms with Gasteiger partial charge in [-0.1, -0.05) is 6.07 Å². The molecule has 10 nitrogen and oxygen atoms in total. The summed E-state index contributed by atoms with van der Waals surface area (Å²) in [6.07, 6.45) is 1.65. The van der Waals surface area contributed by atoms with Crippen LogP contribution in [0.1, 0.15) is 21.9 Å². The largest absolute Gasteiger partial charge is 0.353 e. The number of hydrogen-bond acceptors (Lipinski definition) is 8. The van der Waals surface area contributed by atoms with Crippen molar-refractivity contribution in [2.75, 3.05) is 29.9 Å². The molecule has 0 spiro atoms. The summed E-state index contributed by atoms with van der Waals surface area (Å²) in [7, 11) is 0. The van der Waals surface area contributed by atoms with Gasteiger partial charge in [0, 0.05) is 19.3 Å². The number of piperazine rings is 1. The predicted molar refractivity (Wildman–Crippen MR) is 110 cm³/mol. The molecule has 10 heteroatoms. The zero-order valence-electron chi connectivity index (χ0n) is 16.6. The number of pyridine rings is 2. The van der Waals surface area contributed by atoms with Crippen molar-refractivity contribution >= 4 is 23.6 Å². The number of aromatic nitrogens is 5. The number of hydrogen-bond donors (Lipinski definition) is 2. The predicted octanol–water partition coefficient (Wildman–Crippen LogP) is 1.13. The number of carbonyl (C=O) groups excluding carboxylic acids is 2. The molecule has 0 aliphatic carbocycles. The molecule has 1 saturated heterocycles. The summed E-state index contributed by atoms with van der Waals surface area (Å²) in [6.45, 7) is 4.96. The zero-order valence-corrected chi connectivity index (χ0v) is 16.6. The Kier molecular flexibility index (Phi) is 5.29. The second-order valence-corrected chi connectivity index (χ2v) is 6.77. The van der Waals surface area contributed by atoms with Gasteiger partial charge in [0.2, 0.25) is 11.9 Å². The highest BCUT2D eigenvalue weighted by atomic mass is 16.2. The molecule has 1 aliphatic rings. The quantitative estimate of drug-likeness (QED) is 0.663. The second-order valence-electron chi connectivity index (χ2n) is 6.77. The molecule has 4 heterocycles. The van der Waals surface area contributed by atoms with Gasteiger partial charge in [0.25, 0.3) is 5.91 Å². The van der Waals surface area contributed by atoms with Gasteiger partial charge < -0.3 is 10.2 Å². The molecule has 3 aromatic rings. The van der Waals surface area contributed by atoms with Crippen LogP contribution in [0.2, 0.25) is 0 Å². The van der Waals surface area contributed by atoms with Crippen LogP contribution in [-0.4, -0.2) is 56.4 Å². The molecule has 0 aromatic carbocycles. The summed E-state index contributed by atoms with van der Waals surface area (Å²) >= 11 is 0. The van der Waals surface area contributed by atoms with Gasteiger partial charge in [-0.3, -0.25) is 19.9 Å². The van der Waals surface area contributed by atoms with Crippen LogP contribution in [0.15, 0.2) is 36.5 Å². The van der Waals surface area contributed by atoms with Gasteiger partial charge in [-0.2, -0.15) is 9.97 Å². The lowest BCUT2D eigenvalue weighted by Crippen LogP contribution is -2.48. The molecule has 4 rings (SSSR count). The van der Waals surface area contributed by atoms with Gasteiger partial charge in [0.1, 0.15) is 17.3 Å². The van der Waals surface area contributed by atoms with E-state index in [1.165, 1.54) is 0 Å². The highest BCUT2D eigenvalue weighted by Crippen LogP contribution is 2.18. The molecular formula is C20H20N8O2. The molecule has 30 heavy (non-hydrogen) atoms. The van der Waals surface area contributed by atoms with Crippen molar-refractivity contribution in [3.8, 4) is 11.5 Å². The van der Waals surface area contributed by atoms with Crippen molar-refractivity contribution in [2.24, 2.45) is 0 Å². The minimum atomic E-state index is -0.375. The number of nitrogens with zero attached hydrogens (tertiary/aromatic N) is 6. The standard InChI is InChI=1S/C20H20N8O2/c1-12-14(6-7-16(23-12)28-10-9-22-17(29)11-28)19(30)27-20-25-13(2)24-18(26-20)15-5-3-4-8-21-15/h3-8H,9-11H2,1-2H3,(H,22,29)(H,24,25,26,27,30). The molecule has 2 N–H and O–H groups in total. The maximum atomic E-state index is 12.8. The first-order valence-corrected chi connectivity index (χ1v) is 9.44. The molecule has 1 fully saturated rings. The maximum Gasteiger partial charge on any atom is 0.259 e. The van der Waals surface area contributed by atoms with Crippen LogP contribution in [0.25, 0.3) is 11.5 Å². The number of carbonyl (C=O) groups is 2. The van der Waals surface area contributed by atoms with E-state index in [4.69, 9.17) is 0 Å². The number of rotatable bonds is 4. The summed E-state index contributed by atoms with van der Waals surface area (Å²) in [5.41, 5.74) is 1.54. The lowest BCUT2D eigenvalue weighted by Gasteiger charge is -2.28. The van der Waals surface area contributed by atoms with E-state index in [2.05, 4.69) is 35.6 Å². The van der Waals surface area contributed by atoms with Gasteiger partial charge >= 0.3 is 0 Å². The zero-order chi connectivity index (χ0) is 21.1. The fourth-order valence-corrected chi connectivity index (χ4v) is 3.11.